The molecular formula is C16H21F6NO2S. The third-order valence-corrected chi connectivity index (χ3v) is 5.27. The molecule has 1 N–H and O–H groups in total. The van der Waals surface area contributed by atoms with Crippen molar-refractivity contribution < 1.29 is 34.8 Å². The standard InChI is InChI=1S/C16H21F6NO2S/c1-9(2)11-7-6-8-12(10(3)4)13(11)23-26(24,25)16(21,22)15(19,20)14(5,17)18/h6-10,23H,1-5H3. The van der Waals surface area contributed by atoms with Crippen molar-refractivity contribution in [3.8, 4) is 0 Å². The van der Waals surface area contributed by atoms with Crippen LogP contribution in [0.2, 0.25) is 0 Å². The molecule has 0 bridgehead atoms. The van der Waals surface area contributed by atoms with Gasteiger partial charge in [0, 0.05) is 6.92 Å². The Kier molecular flexibility index (Phi) is 6.03. The van der Waals surface area contributed by atoms with Crippen LogP contribution in [0.3, 0.4) is 0 Å². The van der Waals surface area contributed by atoms with E-state index in [1.807, 2.05) is 0 Å². The van der Waals surface area contributed by atoms with E-state index in [-0.39, 0.29) is 28.7 Å². The Morgan fingerprint density at radius 3 is 1.58 bits per heavy atom. The molecule has 0 spiro atoms. The summed E-state index contributed by atoms with van der Waals surface area (Å²) < 4.78 is 106. The summed E-state index contributed by atoms with van der Waals surface area (Å²) in [5.41, 5.74) is 0.261. The number of alkyl halides is 6. The van der Waals surface area contributed by atoms with Crippen LogP contribution in [0.25, 0.3) is 0 Å². The zero-order valence-electron chi connectivity index (χ0n) is 14.9. The van der Waals surface area contributed by atoms with Gasteiger partial charge in [-0.25, -0.2) is 0 Å². The zero-order valence-corrected chi connectivity index (χ0v) is 15.7. The first-order valence-corrected chi connectivity index (χ1v) is 9.24. The number of hydrogen-bond acceptors (Lipinski definition) is 2. The number of para-hydroxylation sites is 1. The first kappa shape index (κ1) is 22.6. The molecule has 0 fully saturated rings. The predicted molar refractivity (Wildman–Crippen MR) is 87.7 cm³/mol. The van der Waals surface area contributed by atoms with Crippen molar-refractivity contribution in [1.82, 2.24) is 0 Å². The van der Waals surface area contributed by atoms with Crippen molar-refractivity contribution in [2.24, 2.45) is 0 Å². The second kappa shape index (κ2) is 6.94. The molecule has 1 aromatic carbocycles. The molecular weight excluding hydrogens is 384 g/mol. The normalized spacial score (nSPS) is 14.2. The van der Waals surface area contributed by atoms with E-state index in [2.05, 4.69) is 0 Å². The quantitative estimate of drug-likeness (QED) is 0.604. The highest BCUT2D eigenvalue weighted by Crippen LogP contribution is 2.49. The molecule has 0 radical (unpaired) electrons. The molecule has 26 heavy (non-hydrogen) atoms. The van der Waals surface area contributed by atoms with Gasteiger partial charge in [0.1, 0.15) is 0 Å². The van der Waals surface area contributed by atoms with E-state index in [0.29, 0.717) is 0 Å². The van der Waals surface area contributed by atoms with Crippen LogP contribution in [-0.2, 0) is 10.0 Å². The van der Waals surface area contributed by atoms with Crippen LogP contribution in [0.4, 0.5) is 32.0 Å². The van der Waals surface area contributed by atoms with Gasteiger partial charge < -0.3 is 0 Å². The Morgan fingerprint density at radius 2 is 1.27 bits per heavy atom. The fraction of sp³-hybridized carbons (Fsp3) is 0.625. The summed E-state index contributed by atoms with van der Waals surface area (Å²) in [4.78, 5) is 0. The molecule has 0 saturated carbocycles. The number of nitrogens with one attached hydrogen (secondary N) is 1. The van der Waals surface area contributed by atoms with Crippen molar-refractivity contribution >= 4 is 15.7 Å². The second-order valence-corrected chi connectivity index (χ2v) is 8.43. The van der Waals surface area contributed by atoms with Gasteiger partial charge in [-0.3, -0.25) is 4.72 Å². The summed E-state index contributed by atoms with van der Waals surface area (Å²) in [7, 11) is -6.18. The molecule has 150 valence electrons. The fourth-order valence-corrected chi connectivity index (χ4v) is 3.44. The molecule has 0 saturated heterocycles. The minimum atomic E-state index is -6.18. The maximum Gasteiger partial charge on any atom is 0.431 e. The first-order chi connectivity index (χ1) is 11.5. The fourth-order valence-electron chi connectivity index (χ4n) is 2.29. The lowest BCUT2D eigenvalue weighted by atomic mass is 9.93. The highest BCUT2D eigenvalue weighted by Gasteiger charge is 2.75. The van der Waals surface area contributed by atoms with Gasteiger partial charge in [-0.1, -0.05) is 45.9 Å². The lowest BCUT2D eigenvalue weighted by Gasteiger charge is -2.31. The molecule has 0 unspecified atom stereocenters. The Hall–Kier alpha value is -1.45. The third kappa shape index (κ3) is 3.79. The molecule has 0 aliphatic heterocycles. The number of halogens is 6. The summed E-state index contributed by atoms with van der Waals surface area (Å²) >= 11 is 0. The monoisotopic (exact) mass is 405 g/mol. The van der Waals surface area contributed by atoms with Gasteiger partial charge in [0.25, 0.3) is 0 Å². The Bertz CT molecular complexity index is 728. The molecule has 0 aromatic heterocycles. The molecule has 1 aromatic rings. The summed E-state index contributed by atoms with van der Waals surface area (Å²) in [6, 6.07) is 4.45. The van der Waals surface area contributed by atoms with E-state index in [1.54, 1.807) is 33.8 Å². The minimum Gasteiger partial charge on any atom is -0.278 e. The number of hydrogen-bond donors (Lipinski definition) is 1. The Labute approximate surface area is 148 Å². The van der Waals surface area contributed by atoms with Gasteiger partial charge in [-0.05, 0) is 23.0 Å². The van der Waals surface area contributed by atoms with Gasteiger partial charge in [-0.15, -0.1) is 0 Å². The maximum atomic E-state index is 13.9. The van der Waals surface area contributed by atoms with Crippen LogP contribution in [0.5, 0.6) is 0 Å². The summed E-state index contributed by atoms with van der Waals surface area (Å²) in [5.74, 6) is -12.0. The van der Waals surface area contributed by atoms with Crippen LogP contribution in [0, 0.1) is 0 Å². The molecule has 0 aliphatic carbocycles. The van der Waals surface area contributed by atoms with Crippen molar-refractivity contribution in [3.05, 3.63) is 29.3 Å². The van der Waals surface area contributed by atoms with E-state index in [9.17, 15) is 34.8 Å². The van der Waals surface area contributed by atoms with Crippen molar-refractivity contribution in [2.75, 3.05) is 4.72 Å². The van der Waals surface area contributed by atoms with Gasteiger partial charge in [0.2, 0.25) is 0 Å². The minimum absolute atomic E-state index is 0.280. The van der Waals surface area contributed by atoms with Crippen LogP contribution in [0.15, 0.2) is 18.2 Å². The maximum absolute atomic E-state index is 13.9. The van der Waals surface area contributed by atoms with Crippen LogP contribution < -0.4 is 4.72 Å². The first-order valence-electron chi connectivity index (χ1n) is 7.76. The molecule has 0 amide bonds. The Balaban J connectivity index is 3.56. The number of rotatable bonds is 7. The Morgan fingerprint density at radius 1 is 0.885 bits per heavy atom. The molecule has 0 heterocycles. The van der Waals surface area contributed by atoms with E-state index in [4.69, 9.17) is 0 Å². The van der Waals surface area contributed by atoms with Crippen molar-refractivity contribution in [1.29, 1.82) is 0 Å². The summed E-state index contributed by atoms with van der Waals surface area (Å²) in [6.45, 7) is 6.11. The molecule has 1 rings (SSSR count). The van der Waals surface area contributed by atoms with Gasteiger partial charge >= 0.3 is 27.1 Å². The average molecular weight is 405 g/mol. The van der Waals surface area contributed by atoms with Crippen LogP contribution >= 0.6 is 0 Å². The van der Waals surface area contributed by atoms with Crippen LogP contribution in [0.1, 0.15) is 57.6 Å². The summed E-state index contributed by atoms with van der Waals surface area (Å²) in [6.07, 6.45) is 0. The molecule has 10 heteroatoms. The third-order valence-electron chi connectivity index (χ3n) is 3.86. The van der Waals surface area contributed by atoms with Crippen molar-refractivity contribution in [3.63, 3.8) is 0 Å². The number of benzene rings is 1. The SMILES string of the molecule is CC(C)c1cccc(C(C)C)c1NS(=O)(=O)C(F)(F)C(F)(F)C(C)(F)F. The number of sulfonamides is 1. The smallest absolute Gasteiger partial charge is 0.278 e. The highest BCUT2D eigenvalue weighted by molar-refractivity contribution is 7.93. The van der Waals surface area contributed by atoms with E-state index in [0.717, 1.165) is 0 Å². The lowest BCUT2D eigenvalue weighted by molar-refractivity contribution is -0.271. The predicted octanol–water partition coefficient (Wildman–Crippen LogP) is 5.56. The summed E-state index contributed by atoms with van der Waals surface area (Å²) in [5, 5.41) is -6.03. The van der Waals surface area contributed by atoms with Crippen LogP contribution in [-0.4, -0.2) is 25.5 Å². The molecule has 3 nitrogen and oxygen atoms in total. The molecule has 0 atom stereocenters. The largest absolute Gasteiger partial charge is 0.431 e. The molecule has 0 aliphatic rings. The topological polar surface area (TPSA) is 46.2 Å². The number of anilines is 1. The average Bonchev–Trinajstić information content (AvgIpc) is 2.44. The lowest BCUT2D eigenvalue weighted by Crippen LogP contribution is -2.58. The van der Waals surface area contributed by atoms with E-state index >= 15 is 0 Å². The van der Waals surface area contributed by atoms with Gasteiger partial charge in [0.05, 0.1) is 5.69 Å². The highest BCUT2D eigenvalue weighted by atomic mass is 32.2. The zero-order chi connectivity index (χ0) is 20.7. The second-order valence-electron chi connectivity index (χ2n) is 6.71. The van der Waals surface area contributed by atoms with E-state index < -0.39 is 34.0 Å². The van der Waals surface area contributed by atoms with Gasteiger partial charge in [-0.2, -0.15) is 34.8 Å². The van der Waals surface area contributed by atoms with Gasteiger partial charge in [0.15, 0.2) is 0 Å². The van der Waals surface area contributed by atoms with Crippen molar-refractivity contribution in [2.45, 2.75) is 63.6 Å². The van der Waals surface area contributed by atoms with E-state index in [1.165, 1.54) is 16.9 Å².